The first-order valence-corrected chi connectivity index (χ1v) is 11.8. The van der Waals surface area contributed by atoms with Crippen LogP contribution in [0.3, 0.4) is 0 Å². The smallest absolute Gasteiger partial charge is 0.241 e. The molecule has 2 aromatic rings. The minimum absolute atomic E-state index is 0.0307. The van der Waals surface area contributed by atoms with E-state index >= 15 is 0 Å². The third-order valence-electron chi connectivity index (χ3n) is 3.45. The van der Waals surface area contributed by atoms with Crippen molar-refractivity contribution >= 4 is 31.2 Å². The molecule has 1 aromatic heterocycles. The van der Waals surface area contributed by atoms with Gasteiger partial charge in [0.2, 0.25) is 10.0 Å². The maximum Gasteiger partial charge on any atom is 0.241 e. The molecule has 0 bridgehead atoms. The number of sulfone groups is 1. The van der Waals surface area contributed by atoms with Gasteiger partial charge in [0.15, 0.2) is 9.84 Å². The van der Waals surface area contributed by atoms with Crippen LogP contribution in [0.5, 0.6) is 5.75 Å². The van der Waals surface area contributed by atoms with Gasteiger partial charge in [0, 0.05) is 16.8 Å². The van der Waals surface area contributed by atoms with Gasteiger partial charge in [-0.2, -0.15) is 0 Å². The summed E-state index contributed by atoms with van der Waals surface area (Å²) in [6, 6.07) is 5.47. The predicted octanol–water partition coefficient (Wildman–Crippen LogP) is 2.00. The molecule has 0 aliphatic heterocycles. The number of nitrogens with zero attached hydrogens (tertiary/aromatic N) is 1. The molecule has 0 radical (unpaired) electrons. The Morgan fingerprint density at radius 3 is 2.44 bits per heavy atom. The second-order valence-corrected chi connectivity index (χ2v) is 10.4. The Kier molecular flexibility index (Phi) is 6.55. The van der Waals surface area contributed by atoms with E-state index in [0.717, 1.165) is 4.88 Å². The van der Waals surface area contributed by atoms with Crippen LogP contribution in [0.4, 0.5) is 0 Å². The molecular formula is C15H20N2O5S3. The molecule has 1 aromatic carbocycles. The van der Waals surface area contributed by atoms with Gasteiger partial charge in [-0.1, -0.05) is 6.92 Å². The number of rotatable bonds is 9. The van der Waals surface area contributed by atoms with Gasteiger partial charge in [0.25, 0.3) is 0 Å². The van der Waals surface area contributed by atoms with Crippen molar-refractivity contribution < 1.29 is 21.6 Å². The number of aromatic nitrogens is 1. The third kappa shape index (κ3) is 5.77. The summed E-state index contributed by atoms with van der Waals surface area (Å²) in [5.74, 6) is 0.412. The largest absolute Gasteiger partial charge is 0.493 e. The van der Waals surface area contributed by atoms with Crippen molar-refractivity contribution in [1.29, 1.82) is 0 Å². The average molecular weight is 405 g/mol. The van der Waals surface area contributed by atoms with E-state index in [-0.39, 0.29) is 29.0 Å². The van der Waals surface area contributed by atoms with Crippen molar-refractivity contribution in [1.82, 2.24) is 9.71 Å². The molecule has 1 heterocycles. The van der Waals surface area contributed by atoms with E-state index < -0.39 is 19.9 Å². The maximum atomic E-state index is 12.4. The molecule has 138 valence electrons. The fraction of sp³-hybridized carbons (Fsp3) is 0.400. The minimum atomic E-state index is -3.67. The molecule has 0 fully saturated rings. The van der Waals surface area contributed by atoms with Gasteiger partial charge < -0.3 is 4.74 Å². The van der Waals surface area contributed by atoms with Gasteiger partial charge in [-0.25, -0.2) is 21.6 Å². The number of sulfonamides is 1. The summed E-state index contributed by atoms with van der Waals surface area (Å²) in [7, 11) is -6.76. The zero-order valence-electron chi connectivity index (χ0n) is 13.9. The van der Waals surface area contributed by atoms with Gasteiger partial charge in [0.05, 0.1) is 22.2 Å². The van der Waals surface area contributed by atoms with E-state index in [1.807, 2.05) is 0 Å². The van der Waals surface area contributed by atoms with Crippen LogP contribution in [0.25, 0.3) is 0 Å². The summed E-state index contributed by atoms with van der Waals surface area (Å²) in [6.07, 6.45) is 1.62. The molecule has 0 saturated heterocycles. The molecule has 0 saturated carbocycles. The number of hydrogen-bond acceptors (Lipinski definition) is 7. The van der Waals surface area contributed by atoms with Crippen molar-refractivity contribution in [2.24, 2.45) is 0 Å². The molecule has 7 nitrogen and oxygen atoms in total. The molecular weight excluding hydrogens is 384 g/mol. The topological polar surface area (TPSA) is 102 Å². The number of benzene rings is 1. The summed E-state index contributed by atoms with van der Waals surface area (Å²) in [4.78, 5) is 4.86. The van der Waals surface area contributed by atoms with Gasteiger partial charge in [-0.3, -0.25) is 4.98 Å². The van der Waals surface area contributed by atoms with Crippen LogP contribution in [-0.4, -0.2) is 39.9 Å². The van der Waals surface area contributed by atoms with Crippen LogP contribution in [0.2, 0.25) is 0 Å². The Labute approximate surface area is 152 Å². The van der Waals surface area contributed by atoms with Gasteiger partial charge >= 0.3 is 0 Å². The van der Waals surface area contributed by atoms with Gasteiger partial charge in [-0.05, 0) is 31.2 Å². The SMILES string of the molecule is CCS(=O)(=O)CCOc1ccc(S(=O)(=O)N[C@@H](C)c2cncs2)cc1. The fourth-order valence-corrected chi connectivity index (χ4v) is 4.50. The summed E-state index contributed by atoms with van der Waals surface area (Å²) in [6.45, 7) is 3.36. The lowest BCUT2D eigenvalue weighted by Gasteiger charge is -2.13. The molecule has 1 N–H and O–H groups in total. The highest BCUT2D eigenvalue weighted by molar-refractivity contribution is 7.91. The summed E-state index contributed by atoms with van der Waals surface area (Å²) in [5, 5.41) is 0. The van der Waals surface area contributed by atoms with E-state index in [0.29, 0.717) is 5.75 Å². The highest BCUT2D eigenvalue weighted by atomic mass is 32.2. The Balaban J connectivity index is 1.98. The average Bonchev–Trinajstić information content (AvgIpc) is 3.09. The summed E-state index contributed by atoms with van der Waals surface area (Å²) >= 11 is 1.38. The Morgan fingerprint density at radius 2 is 1.88 bits per heavy atom. The first-order chi connectivity index (χ1) is 11.7. The van der Waals surface area contributed by atoms with Crippen LogP contribution >= 0.6 is 11.3 Å². The molecule has 0 spiro atoms. The predicted molar refractivity (Wildman–Crippen MR) is 97.1 cm³/mol. The van der Waals surface area contributed by atoms with E-state index in [1.54, 1.807) is 25.6 Å². The monoisotopic (exact) mass is 404 g/mol. The molecule has 25 heavy (non-hydrogen) atoms. The molecule has 1 atom stereocenters. The first kappa shape index (κ1) is 19.8. The van der Waals surface area contributed by atoms with Crippen LogP contribution in [0.15, 0.2) is 40.9 Å². The number of ether oxygens (including phenoxy) is 1. The van der Waals surface area contributed by atoms with Crippen molar-refractivity contribution in [3.05, 3.63) is 40.8 Å². The van der Waals surface area contributed by atoms with Crippen molar-refractivity contribution in [2.75, 3.05) is 18.1 Å². The quantitative estimate of drug-likeness (QED) is 0.686. The van der Waals surface area contributed by atoms with E-state index in [4.69, 9.17) is 4.74 Å². The first-order valence-electron chi connectivity index (χ1n) is 7.57. The van der Waals surface area contributed by atoms with Crippen molar-refractivity contribution in [2.45, 2.75) is 24.8 Å². The normalized spacial score (nSPS) is 13.5. The lowest BCUT2D eigenvalue weighted by atomic mass is 10.3. The zero-order chi connectivity index (χ0) is 18.5. The van der Waals surface area contributed by atoms with E-state index in [1.165, 1.54) is 35.6 Å². The highest BCUT2D eigenvalue weighted by Crippen LogP contribution is 2.21. The summed E-state index contributed by atoms with van der Waals surface area (Å²) < 4.78 is 55.5. The number of hydrogen-bond donors (Lipinski definition) is 1. The van der Waals surface area contributed by atoms with Crippen LogP contribution in [0, 0.1) is 0 Å². The lowest BCUT2D eigenvalue weighted by molar-refractivity contribution is 0.340. The van der Waals surface area contributed by atoms with Crippen LogP contribution in [0.1, 0.15) is 24.8 Å². The third-order valence-corrected chi connectivity index (χ3v) is 7.63. The highest BCUT2D eigenvalue weighted by Gasteiger charge is 2.19. The second kappa shape index (κ2) is 8.26. The molecule has 2 rings (SSSR count). The van der Waals surface area contributed by atoms with E-state index in [9.17, 15) is 16.8 Å². The standard InChI is InChI=1S/C15H20N2O5S3/c1-3-24(18,19)9-8-22-13-4-6-14(7-5-13)25(20,21)17-12(2)15-10-16-11-23-15/h4-7,10-12,17H,3,8-9H2,1-2H3/t12-/m0/s1. The van der Waals surface area contributed by atoms with Crippen LogP contribution in [-0.2, 0) is 19.9 Å². The van der Waals surface area contributed by atoms with Crippen molar-refractivity contribution in [3.8, 4) is 5.75 Å². The molecule has 0 amide bonds. The lowest BCUT2D eigenvalue weighted by Crippen LogP contribution is -2.26. The Hall–Kier alpha value is -1.49. The molecule has 10 heteroatoms. The second-order valence-electron chi connectivity index (χ2n) is 5.30. The minimum Gasteiger partial charge on any atom is -0.493 e. The molecule has 0 unspecified atom stereocenters. The van der Waals surface area contributed by atoms with Crippen LogP contribution < -0.4 is 9.46 Å². The Morgan fingerprint density at radius 1 is 1.20 bits per heavy atom. The molecule has 0 aliphatic carbocycles. The molecule has 0 aliphatic rings. The van der Waals surface area contributed by atoms with Crippen molar-refractivity contribution in [3.63, 3.8) is 0 Å². The fourth-order valence-electron chi connectivity index (χ4n) is 1.94. The van der Waals surface area contributed by atoms with Gasteiger partial charge in [0.1, 0.15) is 12.4 Å². The Bertz CT molecular complexity index is 876. The van der Waals surface area contributed by atoms with E-state index in [2.05, 4.69) is 9.71 Å². The number of nitrogens with one attached hydrogen (secondary N) is 1. The van der Waals surface area contributed by atoms with Gasteiger partial charge in [-0.15, -0.1) is 11.3 Å². The maximum absolute atomic E-state index is 12.4. The zero-order valence-corrected chi connectivity index (χ0v) is 16.3. The number of thiazole rings is 1. The summed E-state index contributed by atoms with van der Waals surface area (Å²) in [5.41, 5.74) is 1.64.